The van der Waals surface area contributed by atoms with Crippen molar-refractivity contribution in [2.24, 2.45) is 0 Å². The average Bonchev–Trinajstić information content (AvgIpc) is 2.30. The maximum absolute atomic E-state index is 10.8. The van der Waals surface area contributed by atoms with E-state index in [1.165, 1.54) is 0 Å². The van der Waals surface area contributed by atoms with E-state index >= 15 is 0 Å². The smallest absolute Gasteiger partial charge is 0.335 e. The number of hydrogen-bond donors (Lipinski definition) is 1. The van der Waals surface area contributed by atoms with Gasteiger partial charge in [0.25, 0.3) is 0 Å². The summed E-state index contributed by atoms with van der Waals surface area (Å²) >= 11 is 3.36. The number of benzene rings is 2. The third kappa shape index (κ3) is 2.31. The molecule has 0 aromatic heterocycles. The van der Waals surface area contributed by atoms with Crippen molar-refractivity contribution < 1.29 is 9.90 Å². The predicted octanol–water partition coefficient (Wildman–Crippen LogP) is 3.81. The van der Waals surface area contributed by atoms with Gasteiger partial charge in [-0.3, -0.25) is 0 Å². The van der Waals surface area contributed by atoms with Crippen LogP contribution in [0.5, 0.6) is 0 Å². The van der Waals surface area contributed by atoms with Crippen molar-refractivity contribution in [3.63, 3.8) is 0 Å². The number of carbonyl (C=O) groups is 1. The molecule has 2 nitrogen and oxygen atoms in total. The fourth-order valence-corrected chi connectivity index (χ4v) is 1.74. The highest BCUT2D eigenvalue weighted by molar-refractivity contribution is 9.10. The van der Waals surface area contributed by atoms with Gasteiger partial charge in [0.2, 0.25) is 0 Å². The zero-order valence-corrected chi connectivity index (χ0v) is 9.94. The Bertz CT molecular complexity index is 518. The summed E-state index contributed by atoms with van der Waals surface area (Å²) in [6.07, 6.45) is 0. The van der Waals surface area contributed by atoms with E-state index in [2.05, 4.69) is 15.9 Å². The van der Waals surface area contributed by atoms with Gasteiger partial charge in [0.15, 0.2) is 0 Å². The standard InChI is InChI=1S/C13H9BrO2/c14-12-6-4-9(5-7-12)10-2-1-3-11(8-10)13(15)16/h1-8H,(H,15,16). The van der Waals surface area contributed by atoms with Crippen LogP contribution in [0.25, 0.3) is 11.1 Å². The SMILES string of the molecule is O=C(O)c1cccc(-c2ccc(Br)cc2)c1. The summed E-state index contributed by atoms with van der Waals surface area (Å²) in [5.41, 5.74) is 2.22. The number of carboxylic acids is 1. The second kappa shape index (κ2) is 4.49. The molecule has 0 saturated heterocycles. The number of aromatic carboxylic acids is 1. The first-order valence-corrected chi connectivity index (χ1v) is 5.55. The topological polar surface area (TPSA) is 37.3 Å². The number of halogens is 1. The zero-order valence-electron chi connectivity index (χ0n) is 8.35. The van der Waals surface area contributed by atoms with Crippen molar-refractivity contribution in [1.29, 1.82) is 0 Å². The lowest BCUT2D eigenvalue weighted by atomic mass is 10.0. The van der Waals surface area contributed by atoms with Crippen LogP contribution in [0.4, 0.5) is 0 Å². The average molecular weight is 277 g/mol. The van der Waals surface area contributed by atoms with Crippen LogP contribution >= 0.6 is 15.9 Å². The first-order valence-electron chi connectivity index (χ1n) is 4.76. The molecule has 0 unspecified atom stereocenters. The minimum absolute atomic E-state index is 0.306. The Morgan fingerprint density at radius 3 is 2.31 bits per heavy atom. The molecule has 0 radical (unpaired) electrons. The predicted molar refractivity (Wildman–Crippen MR) is 66.5 cm³/mol. The molecule has 2 aromatic carbocycles. The Balaban J connectivity index is 2.44. The Labute approximate surface area is 102 Å². The molecule has 0 aliphatic rings. The first-order chi connectivity index (χ1) is 7.66. The van der Waals surface area contributed by atoms with E-state index in [0.717, 1.165) is 15.6 Å². The van der Waals surface area contributed by atoms with Crippen molar-refractivity contribution in [3.05, 3.63) is 58.6 Å². The summed E-state index contributed by atoms with van der Waals surface area (Å²) in [5, 5.41) is 8.89. The van der Waals surface area contributed by atoms with E-state index < -0.39 is 5.97 Å². The van der Waals surface area contributed by atoms with Crippen molar-refractivity contribution in [3.8, 4) is 11.1 Å². The van der Waals surface area contributed by atoms with Gasteiger partial charge in [-0.05, 0) is 35.4 Å². The van der Waals surface area contributed by atoms with Gasteiger partial charge in [-0.25, -0.2) is 4.79 Å². The number of carboxylic acid groups (broad SMARTS) is 1. The van der Waals surface area contributed by atoms with E-state index in [1.54, 1.807) is 18.2 Å². The van der Waals surface area contributed by atoms with Gasteiger partial charge in [0, 0.05) is 4.47 Å². The summed E-state index contributed by atoms with van der Waals surface area (Å²) in [6.45, 7) is 0. The molecule has 2 rings (SSSR count). The summed E-state index contributed by atoms with van der Waals surface area (Å²) in [6, 6.07) is 14.7. The second-order valence-electron chi connectivity index (χ2n) is 3.39. The second-order valence-corrected chi connectivity index (χ2v) is 4.31. The van der Waals surface area contributed by atoms with Crippen LogP contribution < -0.4 is 0 Å². The van der Waals surface area contributed by atoms with E-state index in [-0.39, 0.29) is 0 Å². The van der Waals surface area contributed by atoms with Crippen molar-refractivity contribution in [2.75, 3.05) is 0 Å². The lowest BCUT2D eigenvalue weighted by Crippen LogP contribution is -1.95. The van der Waals surface area contributed by atoms with Gasteiger partial charge in [-0.15, -0.1) is 0 Å². The summed E-state index contributed by atoms with van der Waals surface area (Å²) in [7, 11) is 0. The van der Waals surface area contributed by atoms with Crippen LogP contribution in [0.2, 0.25) is 0 Å². The van der Waals surface area contributed by atoms with Crippen LogP contribution in [0.15, 0.2) is 53.0 Å². The molecular weight excluding hydrogens is 268 g/mol. The summed E-state index contributed by atoms with van der Waals surface area (Å²) in [4.78, 5) is 10.8. The minimum atomic E-state index is -0.904. The van der Waals surface area contributed by atoms with E-state index in [9.17, 15) is 4.79 Å². The lowest BCUT2D eigenvalue weighted by molar-refractivity contribution is 0.0697. The highest BCUT2D eigenvalue weighted by Gasteiger charge is 2.04. The largest absolute Gasteiger partial charge is 0.478 e. The lowest BCUT2D eigenvalue weighted by Gasteiger charge is -2.03. The molecule has 0 aliphatic carbocycles. The fraction of sp³-hybridized carbons (Fsp3) is 0. The molecule has 0 atom stereocenters. The summed E-state index contributed by atoms with van der Waals surface area (Å²) < 4.78 is 1.01. The molecule has 0 spiro atoms. The Hall–Kier alpha value is -1.61. The molecule has 0 fully saturated rings. The quantitative estimate of drug-likeness (QED) is 0.906. The van der Waals surface area contributed by atoms with E-state index in [1.807, 2.05) is 30.3 Å². The molecule has 0 aliphatic heterocycles. The van der Waals surface area contributed by atoms with Crippen molar-refractivity contribution in [1.82, 2.24) is 0 Å². The van der Waals surface area contributed by atoms with Crippen LogP contribution in [-0.4, -0.2) is 11.1 Å². The van der Waals surface area contributed by atoms with Crippen molar-refractivity contribution >= 4 is 21.9 Å². The molecule has 80 valence electrons. The monoisotopic (exact) mass is 276 g/mol. The molecule has 0 amide bonds. The molecule has 16 heavy (non-hydrogen) atoms. The van der Waals surface area contributed by atoms with Gasteiger partial charge in [-0.2, -0.15) is 0 Å². The Morgan fingerprint density at radius 1 is 1.00 bits per heavy atom. The molecule has 3 heteroatoms. The first kappa shape index (κ1) is 10.9. The zero-order chi connectivity index (χ0) is 11.5. The van der Waals surface area contributed by atoms with Crippen LogP contribution in [0, 0.1) is 0 Å². The molecule has 2 aromatic rings. The van der Waals surface area contributed by atoms with Gasteiger partial charge in [0.1, 0.15) is 0 Å². The maximum atomic E-state index is 10.8. The molecular formula is C13H9BrO2. The van der Waals surface area contributed by atoms with Crippen molar-refractivity contribution in [2.45, 2.75) is 0 Å². The van der Waals surface area contributed by atoms with Gasteiger partial charge >= 0.3 is 5.97 Å². The van der Waals surface area contributed by atoms with Gasteiger partial charge in [0.05, 0.1) is 5.56 Å². The van der Waals surface area contributed by atoms with E-state index in [0.29, 0.717) is 5.56 Å². The molecule has 0 heterocycles. The normalized spacial score (nSPS) is 10.1. The summed E-state index contributed by atoms with van der Waals surface area (Å²) in [5.74, 6) is -0.904. The van der Waals surface area contributed by atoms with Crippen LogP contribution in [0.3, 0.4) is 0 Å². The van der Waals surface area contributed by atoms with Gasteiger partial charge in [-0.1, -0.05) is 40.2 Å². The molecule has 0 saturated carbocycles. The highest BCUT2D eigenvalue weighted by atomic mass is 79.9. The fourth-order valence-electron chi connectivity index (χ4n) is 1.47. The van der Waals surface area contributed by atoms with E-state index in [4.69, 9.17) is 5.11 Å². The van der Waals surface area contributed by atoms with Gasteiger partial charge < -0.3 is 5.11 Å². The Kier molecular flexibility index (Phi) is 3.06. The van der Waals surface area contributed by atoms with Crippen LogP contribution in [0.1, 0.15) is 10.4 Å². The van der Waals surface area contributed by atoms with Crippen LogP contribution in [-0.2, 0) is 0 Å². The third-order valence-electron chi connectivity index (χ3n) is 2.29. The third-order valence-corrected chi connectivity index (χ3v) is 2.82. The number of rotatable bonds is 2. The molecule has 1 N–H and O–H groups in total. The maximum Gasteiger partial charge on any atom is 0.335 e. The molecule has 0 bridgehead atoms. The Morgan fingerprint density at radius 2 is 1.69 bits per heavy atom. The highest BCUT2D eigenvalue weighted by Crippen LogP contribution is 2.22. The number of hydrogen-bond acceptors (Lipinski definition) is 1. The minimum Gasteiger partial charge on any atom is -0.478 e.